The highest BCUT2D eigenvalue weighted by Crippen LogP contribution is 2.19. The van der Waals surface area contributed by atoms with Crippen molar-refractivity contribution >= 4 is 29.9 Å². The van der Waals surface area contributed by atoms with E-state index in [2.05, 4.69) is 4.99 Å². The second-order valence-electron chi connectivity index (χ2n) is 10.2. The molecule has 1 aromatic rings. The summed E-state index contributed by atoms with van der Waals surface area (Å²) in [4.78, 5) is 48.3. The molecule has 11 heteroatoms. The van der Waals surface area contributed by atoms with Gasteiger partial charge in [-0.1, -0.05) is 12.1 Å². The van der Waals surface area contributed by atoms with Gasteiger partial charge >= 0.3 is 18.2 Å². The van der Waals surface area contributed by atoms with Gasteiger partial charge in [0.15, 0.2) is 0 Å². The fourth-order valence-corrected chi connectivity index (χ4v) is 3.17. The number of guanidine groups is 1. The first-order valence-electron chi connectivity index (χ1n) is 10.9. The first-order valence-corrected chi connectivity index (χ1v) is 10.9. The minimum Gasteiger partial charge on any atom is -0.443 e. The molecule has 1 aliphatic heterocycles. The maximum atomic E-state index is 13.3. The molecule has 11 nitrogen and oxygen atoms in total. The molecular formula is C23H36N6O5. The number of hydrogen-bond donors (Lipinski definition) is 1. The summed E-state index contributed by atoms with van der Waals surface area (Å²) in [5.41, 5.74) is 5.57. The maximum Gasteiger partial charge on any atom is 0.437 e. The van der Waals surface area contributed by atoms with E-state index in [1.54, 1.807) is 84.8 Å². The Hall–Kier alpha value is -3.50. The lowest BCUT2D eigenvalue weighted by molar-refractivity contribution is 0.0300. The van der Waals surface area contributed by atoms with Gasteiger partial charge in [0.2, 0.25) is 5.96 Å². The standard InChI is InChI=1S/C23H36N6O5/c1-22(2,3)33-19(30)25-18(28-14-26(7)20(31)27(8)15-28)29(21(32)34-23(4,5)6)13-16-10-9-11-17(24)12-16/h9-12H,13-15,24H2,1-8H3/b25-18+. The Bertz CT molecular complexity index is 936. The molecule has 1 fully saturated rings. The van der Waals surface area contributed by atoms with Crippen LogP contribution in [-0.4, -0.2) is 82.4 Å². The van der Waals surface area contributed by atoms with Crippen molar-refractivity contribution in [1.82, 2.24) is 19.6 Å². The maximum absolute atomic E-state index is 13.3. The number of urea groups is 1. The fourth-order valence-electron chi connectivity index (χ4n) is 3.17. The number of rotatable bonds is 2. The van der Waals surface area contributed by atoms with E-state index in [1.165, 1.54) is 14.7 Å². The minimum atomic E-state index is -0.870. The summed E-state index contributed by atoms with van der Waals surface area (Å²) in [5, 5.41) is 0. The molecule has 0 bridgehead atoms. The van der Waals surface area contributed by atoms with E-state index < -0.39 is 23.4 Å². The molecule has 0 unspecified atom stereocenters. The van der Waals surface area contributed by atoms with E-state index in [-0.39, 0.29) is 31.9 Å². The molecule has 0 aliphatic carbocycles. The van der Waals surface area contributed by atoms with E-state index in [4.69, 9.17) is 15.2 Å². The van der Waals surface area contributed by atoms with Gasteiger partial charge in [-0.3, -0.25) is 0 Å². The van der Waals surface area contributed by atoms with Crippen LogP contribution < -0.4 is 5.73 Å². The number of nitrogens with zero attached hydrogens (tertiary/aromatic N) is 5. The normalized spacial score (nSPS) is 15.4. The largest absolute Gasteiger partial charge is 0.443 e. The minimum absolute atomic E-state index is 0.00266. The van der Waals surface area contributed by atoms with E-state index in [0.29, 0.717) is 11.3 Å². The molecule has 1 saturated heterocycles. The molecule has 0 atom stereocenters. The average Bonchev–Trinajstić information content (AvgIpc) is 2.65. The van der Waals surface area contributed by atoms with Crippen molar-refractivity contribution in [3.05, 3.63) is 29.8 Å². The number of nitrogen functional groups attached to an aromatic ring is 1. The number of ether oxygens (including phenoxy) is 2. The first kappa shape index (κ1) is 26.7. The molecule has 1 heterocycles. The first-order chi connectivity index (χ1) is 15.6. The van der Waals surface area contributed by atoms with Crippen molar-refractivity contribution in [1.29, 1.82) is 0 Å². The lowest BCUT2D eigenvalue weighted by Crippen LogP contribution is -2.60. The zero-order valence-corrected chi connectivity index (χ0v) is 21.3. The SMILES string of the molecule is CN1CN(/C(=N\C(=O)OC(C)(C)C)N(Cc2cccc(N)c2)C(=O)OC(C)(C)C)CN(C)C1=O. The number of benzene rings is 1. The van der Waals surface area contributed by atoms with Gasteiger partial charge in [0.25, 0.3) is 0 Å². The summed E-state index contributed by atoms with van der Waals surface area (Å²) in [6.45, 7) is 10.6. The van der Waals surface area contributed by atoms with Gasteiger partial charge < -0.3 is 29.9 Å². The third-order valence-electron chi connectivity index (χ3n) is 4.43. The van der Waals surface area contributed by atoms with Gasteiger partial charge in [0, 0.05) is 19.8 Å². The Balaban J connectivity index is 2.56. The predicted octanol–water partition coefficient (Wildman–Crippen LogP) is 3.51. The number of nitrogens with two attached hydrogens (primary N) is 1. The van der Waals surface area contributed by atoms with Gasteiger partial charge in [0.05, 0.1) is 19.9 Å². The molecule has 188 valence electrons. The number of carbonyl (C=O) groups excluding carboxylic acids is 3. The zero-order chi connectivity index (χ0) is 25.8. The third kappa shape index (κ3) is 7.82. The Morgan fingerprint density at radius 2 is 1.59 bits per heavy atom. The molecule has 0 aromatic heterocycles. The molecule has 1 aromatic carbocycles. The third-order valence-corrected chi connectivity index (χ3v) is 4.43. The summed E-state index contributed by atoms with van der Waals surface area (Å²) in [7, 11) is 3.23. The molecule has 0 saturated carbocycles. The highest BCUT2D eigenvalue weighted by Gasteiger charge is 2.35. The van der Waals surface area contributed by atoms with Crippen molar-refractivity contribution < 1.29 is 23.9 Å². The van der Waals surface area contributed by atoms with Crippen LogP contribution in [0.5, 0.6) is 0 Å². The van der Waals surface area contributed by atoms with Crippen LogP contribution in [-0.2, 0) is 16.0 Å². The average molecular weight is 477 g/mol. The van der Waals surface area contributed by atoms with E-state index in [1.807, 2.05) is 0 Å². The highest BCUT2D eigenvalue weighted by molar-refractivity contribution is 5.99. The summed E-state index contributed by atoms with van der Waals surface area (Å²) in [5.74, 6) is -0.00266. The summed E-state index contributed by atoms with van der Waals surface area (Å²) >= 11 is 0. The van der Waals surface area contributed by atoms with Crippen LogP contribution in [0.4, 0.5) is 20.1 Å². The van der Waals surface area contributed by atoms with Gasteiger partial charge in [-0.05, 0) is 59.2 Å². The highest BCUT2D eigenvalue weighted by atomic mass is 16.6. The van der Waals surface area contributed by atoms with Gasteiger partial charge in [-0.2, -0.15) is 0 Å². The van der Waals surface area contributed by atoms with Crippen molar-refractivity contribution in [2.75, 3.05) is 33.2 Å². The lowest BCUT2D eigenvalue weighted by atomic mass is 10.2. The van der Waals surface area contributed by atoms with Crippen LogP contribution in [0.2, 0.25) is 0 Å². The van der Waals surface area contributed by atoms with Crippen LogP contribution >= 0.6 is 0 Å². The second kappa shape index (κ2) is 10.2. The monoisotopic (exact) mass is 476 g/mol. The molecule has 1 aliphatic rings. The Morgan fingerprint density at radius 3 is 2.09 bits per heavy atom. The summed E-state index contributed by atoms with van der Waals surface area (Å²) in [6.07, 6.45) is -1.58. The van der Waals surface area contributed by atoms with Crippen LogP contribution in [0.15, 0.2) is 29.3 Å². The molecule has 2 rings (SSSR count). The van der Waals surface area contributed by atoms with E-state index in [9.17, 15) is 14.4 Å². The summed E-state index contributed by atoms with van der Waals surface area (Å²) < 4.78 is 11.0. The van der Waals surface area contributed by atoms with E-state index in [0.717, 1.165) is 0 Å². The quantitative estimate of drug-likeness (QED) is 0.394. The predicted molar refractivity (Wildman–Crippen MR) is 129 cm³/mol. The van der Waals surface area contributed by atoms with Crippen molar-refractivity contribution in [2.24, 2.45) is 4.99 Å². The van der Waals surface area contributed by atoms with Crippen molar-refractivity contribution in [3.8, 4) is 0 Å². The van der Waals surface area contributed by atoms with E-state index >= 15 is 0 Å². The summed E-state index contributed by atoms with van der Waals surface area (Å²) in [6, 6.07) is 6.82. The molecule has 4 amide bonds. The molecule has 0 spiro atoms. The number of amides is 4. The van der Waals surface area contributed by atoms with Gasteiger partial charge in [0.1, 0.15) is 11.2 Å². The Kier molecular flexibility index (Phi) is 8.01. The topological polar surface area (TPSA) is 121 Å². The Labute approximate surface area is 201 Å². The molecule has 2 N–H and O–H groups in total. The Morgan fingerprint density at radius 1 is 1.03 bits per heavy atom. The van der Waals surface area contributed by atoms with Crippen LogP contribution in [0, 0.1) is 0 Å². The lowest BCUT2D eigenvalue weighted by Gasteiger charge is -2.42. The molecule has 34 heavy (non-hydrogen) atoms. The second-order valence-corrected chi connectivity index (χ2v) is 10.2. The van der Waals surface area contributed by atoms with Crippen molar-refractivity contribution in [2.45, 2.75) is 59.3 Å². The van der Waals surface area contributed by atoms with Gasteiger partial charge in [-0.25, -0.2) is 19.3 Å². The fraction of sp³-hybridized carbons (Fsp3) is 0.565. The van der Waals surface area contributed by atoms with Crippen LogP contribution in [0.1, 0.15) is 47.1 Å². The molecule has 0 radical (unpaired) electrons. The smallest absolute Gasteiger partial charge is 0.437 e. The van der Waals surface area contributed by atoms with Crippen molar-refractivity contribution in [3.63, 3.8) is 0 Å². The zero-order valence-electron chi connectivity index (χ0n) is 21.3. The molecular weight excluding hydrogens is 440 g/mol. The van der Waals surface area contributed by atoms with Gasteiger partial charge in [-0.15, -0.1) is 4.99 Å². The number of aliphatic imine (C=N–C) groups is 1. The van der Waals surface area contributed by atoms with Crippen LogP contribution in [0.3, 0.4) is 0 Å². The number of carbonyl (C=O) groups is 3. The number of hydrogen-bond acceptors (Lipinski definition) is 6. The number of anilines is 1. The van der Waals surface area contributed by atoms with Crippen LogP contribution in [0.25, 0.3) is 0 Å².